The number of aromatic amines is 1. The van der Waals surface area contributed by atoms with Gasteiger partial charge in [0.15, 0.2) is 0 Å². The third-order valence-electron chi connectivity index (χ3n) is 3.39. The SMILES string of the molecule is CC(NC(=O)c1cc(=O)[nH]c(S(C)(=O)=O)n1)c1ccc(C(F)(F)F)cc1. The van der Waals surface area contributed by atoms with E-state index in [1.807, 2.05) is 4.98 Å². The summed E-state index contributed by atoms with van der Waals surface area (Å²) in [6, 6.07) is 4.30. The number of hydrogen-bond donors (Lipinski definition) is 2. The van der Waals surface area contributed by atoms with E-state index in [4.69, 9.17) is 0 Å². The second kappa shape index (κ2) is 6.90. The average molecular weight is 389 g/mol. The Hall–Kier alpha value is -2.69. The Balaban J connectivity index is 2.22. The highest BCUT2D eigenvalue weighted by atomic mass is 32.2. The van der Waals surface area contributed by atoms with E-state index in [1.165, 1.54) is 19.1 Å². The molecule has 1 unspecified atom stereocenters. The van der Waals surface area contributed by atoms with Gasteiger partial charge in [-0.05, 0) is 24.6 Å². The van der Waals surface area contributed by atoms with Crippen molar-refractivity contribution in [3.63, 3.8) is 0 Å². The first-order chi connectivity index (χ1) is 11.9. The monoisotopic (exact) mass is 389 g/mol. The van der Waals surface area contributed by atoms with E-state index in [1.54, 1.807) is 0 Å². The Morgan fingerprint density at radius 1 is 1.23 bits per heavy atom. The molecular formula is C15H14F3N3O4S. The predicted molar refractivity (Wildman–Crippen MR) is 85.3 cm³/mol. The molecule has 2 aromatic rings. The molecule has 0 radical (unpaired) electrons. The first kappa shape index (κ1) is 19.6. The van der Waals surface area contributed by atoms with Gasteiger partial charge >= 0.3 is 6.18 Å². The number of carbonyl (C=O) groups excluding carboxylic acids is 1. The smallest absolute Gasteiger partial charge is 0.344 e. The minimum Gasteiger partial charge on any atom is -0.344 e. The second-order valence-electron chi connectivity index (χ2n) is 5.52. The van der Waals surface area contributed by atoms with E-state index in [0.717, 1.165) is 24.5 Å². The van der Waals surface area contributed by atoms with E-state index in [-0.39, 0.29) is 0 Å². The number of aromatic nitrogens is 2. The van der Waals surface area contributed by atoms with Crippen LogP contribution in [0.4, 0.5) is 13.2 Å². The minimum atomic E-state index is -4.47. The number of carbonyl (C=O) groups is 1. The summed E-state index contributed by atoms with van der Waals surface area (Å²) in [5, 5.41) is 1.79. The molecule has 11 heteroatoms. The summed E-state index contributed by atoms with van der Waals surface area (Å²) in [5.41, 5.74) is -1.69. The molecule has 1 aromatic carbocycles. The maximum Gasteiger partial charge on any atom is 0.416 e. The van der Waals surface area contributed by atoms with Crippen molar-refractivity contribution in [1.29, 1.82) is 0 Å². The highest BCUT2D eigenvalue weighted by Gasteiger charge is 2.30. The summed E-state index contributed by atoms with van der Waals surface area (Å²) in [6.07, 6.45) is -3.65. The van der Waals surface area contributed by atoms with Gasteiger partial charge < -0.3 is 5.32 Å². The quantitative estimate of drug-likeness (QED) is 0.774. The largest absolute Gasteiger partial charge is 0.416 e. The number of alkyl halides is 3. The van der Waals surface area contributed by atoms with Gasteiger partial charge in [-0.25, -0.2) is 13.4 Å². The van der Waals surface area contributed by atoms with Crippen LogP contribution in [0.5, 0.6) is 0 Å². The average Bonchev–Trinajstić information content (AvgIpc) is 2.52. The van der Waals surface area contributed by atoms with Gasteiger partial charge in [0.25, 0.3) is 11.5 Å². The number of rotatable bonds is 4. The van der Waals surface area contributed by atoms with E-state index in [2.05, 4.69) is 10.3 Å². The predicted octanol–water partition coefficient (Wildman–Crippen LogP) is 1.68. The van der Waals surface area contributed by atoms with Crippen LogP contribution in [-0.4, -0.2) is 30.5 Å². The highest BCUT2D eigenvalue weighted by Crippen LogP contribution is 2.29. The zero-order valence-electron chi connectivity index (χ0n) is 13.6. The normalized spacial score (nSPS) is 13.3. The van der Waals surface area contributed by atoms with Crippen LogP contribution in [0.25, 0.3) is 0 Å². The first-order valence-electron chi connectivity index (χ1n) is 7.17. The fourth-order valence-electron chi connectivity index (χ4n) is 2.04. The molecule has 7 nitrogen and oxygen atoms in total. The van der Waals surface area contributed by atoms with Gasteiger partial charge in [0.2, 0.25) is 15.0 Å². The van der Waals surface area contributed by atoms with Crippen molar-refractivity contribution < 1.29 is 26.4 Å². The van der Waals surface area contributed by atoms with Crippen molar-refractivity contribution >= 4 is 15.7 Å². The standard InChI is InChI=1S/C15H14F3N3O4S/c1-8(9-3-5-10(6-4-9)15(16,17)18)19-13(23)11-7-12(22)21-14(20-11)26(2,24)25/h3-8H,1-2H3,(H,19,23)(H,20,21,22). The highest BCUT2D eigenvalue weighted by molar-refractivity contribution is 7.90. The fourth-order valence-corrected chi connectivity index (χ4v) is 2.59. The molecule has 1 heterocycles. The molecule has 140 valence electrons. The molecule has 0 aliphatic rings. The molecule has 0 bridgehead atoms. The molecule has 0 saturated carbocycles. The second-order valence-corrected chi connectivity index (χ2v) is 7.45. The number of H-pyrrole nitrogens is 1. The lowest BCUT2D eigenvalue weighted by Gasteiger charge is -2.15. The number of halogens is 3. The van der Waals surface area contributed by atoms with Gasteiger partial charge in [0, 0.05) is 12.3 Å². The number of nitrogens with one attached hydrogen (secondary N) is 2. The molecule has 1 aromatic heterocycles. The molecule has 1 atom stereocenters. The van der Waals surface area contributed by atoms with Crippen molar-refractivity contribution in [2.24, 2.45) is 0 Å². The third-order valence-corrected chi connectivity index (χ3v) is 4.29. The van der Waals surface area contributed by atoms with Crippen LogP contribution in [0.3, 0.4) is 0 Å². The Morgan fingerprint density at radius 3 is 2.31 bits per heavy atom. The van der Waals surface area contributed by atoms with Gasteiger partial charge in [0.05, 0.1) is 11.6 Å². The summed E-state index contributed by atoms with van der Waals surface area (Å²) in [5.74, 6) is -0.839. The number of amides is 1. The van der Waals surface area contributed by atoms with Crippen LogP contribution in [0.1, 0.15) is 34.6 Å². The summed E-state index contributed by atoms with van der Waals surface area (Å²) in [6.45, 7) is 1.52. The van der Waals surface area contributed by atoms with Crippen LogP contribution in [0.2, 0.25) is 0 Å². The van der Waals surface area contributed by atoms with Crippen molar-refractivity contribution in [2.45, 2.75) is 24.3 Å². The Bertz CT molecular complexity index is 982. The van der Waals surface area contributed by atoms with E-state index in [9.17, 15) is 31.2 Å². The first-order valence-corrected chi connectivity index (χ1v) is 9.06. The molecule has 26 heavy (non-hydrogen) atoms. The lowest BCUT2D eigenvalue weighted by atomic mass is 10.1. The lowest BCUT2D eigenvalue weighted by molar-refractivity contribution is -0.137. The molecule has 0 aliphatic carbocycles. The molecule has 0 spiro atoms. The van der Waals surface area contributed by atoms with Crippen molar-refractivity contribution in [3.05, 3.63) is 57.5 Å². The third kappa shape index (κ3) is 4.69. The van der Waals surface area contributed by atoms with E-state index < -0.39 is 49.9 Å². The molecular weight excluding hydrogens is 375 g/mol. The number of sulfone groups is 1. The van der Waals surface area contributed by atoms with Crippen LogP contribution in [-0.2, 0) is 16.0 Å². The number of nitrogens with zero attached hydrogens (tertiary/aromatic N) is 1. The molecule has 2 rings (SSSR count). The van der Waals surface area contributed by atoms with E-state index >= 15 is 0 Å². The summed E-state index contributed by atoms with van der Waals surface area (Å²) >= 11 is 0. The van der Waals surface area contributed by atoms with Gasteiger partial charge in [-0.2, -0.15) is 13.2 Å². The van der Waals surface area contributed by atoms with Gasteiger partial charge in [0.1, 0.15) is 5.69 Å². The van der Waals surface area contributed by atoms with Crippen LogP contribution < -0.4 is 10.9 Å². The molecule has 1 amide bonds. The minimum absolute atomic E-state index is 0.388. The Kier molecular flexibility index (Phi) is 5.21. The molecule has 0 aliphatic heterocycles. The zero-order chi connectivity index (χ0) is 19.7. The number of hydrogen-bond acceptors (Lipinski definition) is 5. The van der Waals surface area contributed by atoms with Crippen LogP contribution in [0, 0.1) is 0 Å². The Morgan fingerprint density at radius 2 is 1.81 bits per heavy atom. The molecule has 0 saturated heterocycles. The molecule has 2 N–H and O–H groups in total. The lowest BCUT2D eigenvalue weighted by Crippen LogP contribution is -2.29. The molecule has 0 fully saturated rings. The summed E-state index contributed by atoms with van der Waals surface area (Å²) in [7, 11) is -3.83. The fraction of sp³-hybridized carbons (Fsp3) is 0.267. The topological polar surface area (TPSA) is 109 Å². The van der Waals surface area contributed by atoms with Crippen LogP contribution in [0.15, 0.2) is 40.3 Å². The summed E-state index contributed by atoms with van der Waals surface area (Å²) < 4.78 is 60.6. The van der Waals surface area contributed by atoms with Gasteiger partial charge in [-0.1, -0.05) is 12.1 Å². The summed E-state index contributed by atoms with van der Waals surface area (Å²) in [4.78, 5) is 29.3. The van der Waals surface area contributed by atoms with E-state index in [0.29, 0.717) is 5.56 Å². The zero-order valence-corrected chi connectivity index (χ0v) is 14.4. The van der Waals surface area contributed by atoms with Gasteiger partial charge in [-0.3, -0.25) is 14.6 Å². The maximum absolute atomic E-state index is 12.6. The Labute approximate surface area is 146 Å². The van der Waals surface area contributed by atoms with Crippen molar-refractivity contribution in [1.82, 2.24) is 15.3 Å². The van der Waals surface area contributed by atoms with Crippen molar-refractivity contribution in [3.8, 4) is 0 Å². The maximum atomic E-state index is 12.6. The van der Waals surface area contributed by atoms with Crippen molar-refractivity contribution in [2.75, 3.05) is 6.26 Å². The van der Waals surface area contributed by atoms with Crippen LogP contribution >= 0.6 is 0 Å². The number of benzene rings is 1. The van der Waals surface area contributed by atoms with Gasteiger partial charge in [-0.15, -0.1) is 0 Å².